The molecule has 2 aliphatic rings. The molecule has 1 amide bonds. The predicted octanol–water partition coefficient (Wildman–Crippen LogP) is 5.67. The molecule has 38 heavy (non-hydrogen) atoms. The summed E-state index contributed by atoms with van der Waals surface area (Å²) >= 11 is 0. The monoisotopic (exact) mass is 536 g/mol. The van der Waals surface area contributed by atoms with Crippen molar-refractivity contribution >= 4 is 18.3 Å². The van der Waals surface area contributed by atoms with Gasteiger partial charge in [0.1, 0.15) is 0 Å². The maximum absolute atomic E-state index is 14.2. The number of aromatic nitrogens is 2. The number of benzene rings is 2. The second-order valence-corrected chi connectivity index (χ2v) is 10.7. The Morgan fingerprint density at radius 3 is 2.58 bits per heavy atom. The van der Waals surface area contributed by atoms with Gasteiger partial charge in [0.05, 0.1) is 23.7 Å². The van der Waals surface area contributed by atoms with E-state index >= 15 is 0 Å². The second kappa shape index (κ2) is 12.9. The average Bonchev–Trinajstić information content (AvgIpc) is 3.38. The van der Waals surface area contributed by atoms with Gasteiger partial charge in [-0.3, -0.25) is 4.79 Å². The third-order valence-corrected chi connectivity index (χ3v) is 8.23. The molecule has 2 N–H and O–H groups in total. The molecule has 1 saturated heterocycles. The Kier molecular flexibility index (Phi) is 9.64. The van der Waals surface area contributed by atoms with Crippen LogP contribution in [0.1, 0.15) is 74.0 Å². The highest BCUT2D eigenvalue weighted by molar-refractivity contribution is 5.98. The number of halogens is 1. The first-order chi connectivity index (χ1) is 18.1. The molecule has 3 atom stereocenters. The number of hydrogen-bond acceptors (Lipinski definition) is 4. The van der Waals surface area contributed by atoms with Crippen LogP contribution in [0.15, 0.2) is 67.0 Å². The lowest BCUT2D eigenvalue weighted by atomic mass is 9.77. The minimum atomic E-state index is -0.774. The standard InChI is InChI=1S/C31H40N4O2.ClH/c1-2-3-17-31(37)18-11-10-16-27(31)35-23-33-28(29(35)25-14-8-5-9-15-25)30(36)34-20-19-32-22-26(34)21-24-12-6-4-7-13-24;/h4-9,12-15,23,26-27,32,37H,2-3,10-11,16-22H2,1H3;1H/t26-,27+,31-;/m1./s1. The summed E-state index contributed by atoms with van der Waals surface area (Å²) in [5, 5.41) is 15.3. The van der Waals surface area contributed by atoms with Crippen molar-refractivity contribution in [3.8, 4) is 11.3 Å². The smallest absolute Gasteiger partial charge is 0.275 e. The maximum Gasteiger partial charge on any atom is 0.275 e. The van der Waals surface area contributed by atoms with Crippen molar-refractivity contribution in [1.29, 1.82) is 0 Å². The van der Waals surface area contributed by atoms with Crippen LogP contribution in [0.2, 0.25) is 0 Å². The third-order valence-electron chi connectivity index (χ3n) is 8.23. The molecule has 2 aromatic carbocycles. The molecule has 1 aromatic heterocycles. The number of amides is 1. The highest BCUT2D eigenvalue weighted by atomic mass is 35.5. The van der Waals surface area contributed by atoms with Crippen LogP contribution < -0.4 is 5.32 Å². The molecule has 2 fully saturated rings. The maximum atomic E-state index is 14.2. The van der Waals surface area contributed by atoms with E-state index < -0.39 is 5.60 Å². The molecule has 0 radical (unpaired) electrons. The van der Waals surface area contributed by atoms with E-state index in [9.17, 15) is 9.90 Å². The highest BCUT2D eigenvalue weighted by Crippen LogP contribution is 2.43. The number of aliphatic hydroxyl groups is 1. The Hall–Kier alpha value is -2.67. The van der Waals surface area contributed by atoms with Crippen LogP contribution in [0.5, 0.6) is 0 Å². The molecule has 204 valence electrons. The number of imidazole rings is 1. The molecule has 0 unspecified atom stereocenters. The van der Waals surface area contributed by atoms with E-state index in [1.165, 1.54) is 5.56 Å². The summed E-state index contributed by atoms with van der Waals surface area (Å²) in [7, 11) is 0. The lowest BCUT2D eigenvalue weighted by Crippen LogP contribution is -2.54. The first-order valence-electron chi connectivity index (χ1n) is 14.0. The van der Waals surface area contributed by atoms with Gasteiger partial charge in [-0.15, -0.1) is 12.4 Å². The van der Waals surface area contributed by atoms with Crippen LogP contribution in [0.25, 0.3) is 11.3 Å². The predicted molar refractivity (Wildman–Crippen MR) is 155 cm³/mol. The first-order valence-corrected chi connectivity index (χ1v) is 14.0. The van der Waals surface area contributed by atoms with Gasteiger partial charge in [0, 0.05) is 31.2 Å². The third kappa shape index (κ3) is 5.98. The molecule has 2 heterocycles. The lowest BCUT2D eigenvalue weighted by Gasteiger charge is -2.41. The van der Waals surface area contributed by atoms with E-state index in [4.69, 9.17) is 4.98 Å². The van der Waals surface area contributed by atoms with Crippen molar-refractivity contribution < 1.29 is 9.90 Å². The van der Waals surface area contributed by atoms with Crippen LogP contribution >= 0.6 is 12.4 Å². The number of carbonyl (C=O) groups excluding carboxylic acids is 1. The van der Waals surface area contributed by atoms with Gasteiger partial charge >= 0.3 is 0 Å². The Labute approximate surface area is 232 Å². The van der Waals surface area contributed by atoms with E-state index in [2.05, 4.69) is 53.2 Å². The minimum Gasteiger partial charge on any atom is -0.388 e. The van der Waals surface area contributed by atoms with Gasteiger partial charge in [0.2, 0.25) is 0 Å². The normalized spacial score (nSPS) is 23.6. The summed E-state index contributed by atoms with van der Waals surface area (Å²) < 4.78 is 2.13. The van der Waals surface area contributed by atoms with Crippen molar-refractivity contribution in [2.45, 2.75) is 76.0 Å². The zero-order valence-corrected chi connectivity index (χ0v) is 23.2. The van der Waals surface area contributed by atoms with Crippen LogP contribution in [0.4, 0.5) is 0 Å². The van der Waals surface area contributed by atoms with Crippen molar-refractivity contribution in [3.63, 3.8) is 0 Å². The van der Waals surface area contributed by atoms with Gasteiger partial charge in [-0.1, -0.05) is 93.3 Å². The number of hydrogen-bond donors (Lipinski definition) is 2. The molecule has 0 bridgehead atoms. The molecule has 1 aliphatic heterocycles. The zero-order chi connectivity index (χ0) is 25.7. The number of unbranched alkanes of at least 4 members (excludes halogenated alkanes) is 1. The van der Waals surface area contributed by atoms with Gasteiger partial charge in [0.25, 0.3) is 5.91 Å². The lowest BCUT2D eigenvalue weighted by molar-refractivity contribution is -0.0492. The average molecular weight is 537 g/mol. The van der Waals surface area contributed by atoms with E-state index in [0.717, 1.165) is 75.7 Å². The summed E-state index contributed by atoms with van der Waals surface area (Å²) in [6.07, 6.45) is 9.26. The fourth-order valence-electron chi connectivity index (χ4n) is 6.25. The minimum absolute atomic E-state index is 0. The number of nitrogens with one attached hydrogen (secondary N) is 1. The number of piperazine rings is 1. The number of carbonyl (C=O) groups is 1. The Morgan fingerprint density at radius 1 is 1.11 bits per heavy atom. The van der Waals surface area contributed by atoms with Gasteiger partial charge in [0.15, 0.2) is 5.69 Å². The van der Waals surface area contributed by atoms with Crippen LogP contribution in [-0.4, -0.2) is 56.7 Å². The summed E-state index contributed by atoms with van der Waals surface area (Å²) in [5.74, 6) is -0.0204. The Bertz CT molecular complexity index is 1170. The molecule has 6 nitrogen and oxygen atoms in total. The van der Waals surface area contributed by atoms with Crippen LogP contribution in [-0.2, 0) is 6.42 Å². The summed E-state index contributed by atoms with van der Waals surface area (Å²) in [5.41, 5.74) is 2.76. The van der Waals surface area contributed by atoms with Crippen LogP contribution in [0.3, 0.4) is 0 Å². The van der Waals surface area contributed by atoms with Crippen molar-refractivity contribution in [2.24, 2.45) is 0 Å². The summed E-state index contributed by atoms with van der Waals surface area (Å²) in [6.45, 7) is 4.37. The number of nitrogens with zero attached hydrogens (tertiary/aromatic N) is 3. The quantitative estimate of drug-likeness (QED) is 0.389. The summed E-state index contributed by atoms with van der Waals surface area (Å²) in [4.78, 5) is 21.0. The summed E-state index contributed by atoms with van der Waals surface area (Å²) in [6, 6.07) is 20.5. The molecular formula is C31H41ClN4O2. The van der Waals surface area contributed by atoms with Crippen molar-refractivity contribution in [3.05, 3.63) is 78.2 Å². The van der Waals surface area contributed by atoms with E-state index in [-0.39, 0.29) is 30.4 Å². The fourth-order valence-corrected chi connectivity index (χ4v) is 6.25. The van der Waals surface area contributed by atoms with E-state index in [0.29, 0.717) is 12.2 Å². The van der Waals surface area contributed by atoms with Gasteiger partial charge in [-0.25, -0.2) is 4.98 Å². The Balaban J connectivity index is 0.00000336. The molecular weight excluding hydrogens is 496 g/mol. The second-order valence-electron chi connectivity index (χ2n) is 10.7. The van der Waals surface area contributed by atoms with Gasteiger partial charge < -0.3 is 19.9 Å². The van der Waals surface area contributed by atoms with Gasteiger partial charge in [-0.2, -0.15) is 0 Å². The van der Waals surface area contributed by atoms with Crippen molar-refractivity contribution in [1.82, 2.24) is 19.8 Å². The molecule has 7 heteroatoms. The Morgan fingerprint density at radius 2 is 1.84 bits per heavy atom. The van der Waals surface area contributed by atoms with Gasteiger partial charge in [-0.05, 0) is 31.2 Å². The SMILES string of the molecule is CCCC[C@@]1(O)CCCC[C@@H]1n1cnc(C(=O)N2CCNC[C@H]2Cc2ccccc2)c1-c1ccccc1.Cl. The number of rotatable bonds is 8. The molecule has 0 spiro atoms. The largest absolute Gasteiger partial charge is 0.388 e. The molecule has 1 aliphatic carbocycles. The molecule has 5 rings (SSSR count). The topological polar surface area (TPSA) is 70.4 Å². The highest BCUT2D eigenvalue weighted by Gasteiger charge is 2.41. The molecule has 3 aromatic rings. The first kappa shape index (κ1) is 28.3. The zero-order valence-electron chi connectivity index (χ0n) is 22.4. The van der Waals surface area contributed by atoms with Crippen molar-refractivity contribution in [2.75, 3.05) is 19.6 Å². The van der Waals surface area contributed by atoms with E-state index in [1.54, 1.807) is 0 Å². The van der Waals surface area contributed by atoms with E-state index in [1.807, 2.05) is 35.5 Å². The molecule has 1 saturated carbocycles. The fraction of sp³-hybridized carbons (Fsp3) is 0.484. The van der Waals surface area contributed by atoms with Crippen LogP contribution in [0, 0.1) is 0 Å².